The summed E-state index contributed by atoms with van der Waals surface area (Å²) in [5.74, 6) is -1.52. The van der Waals surface area contributed by atoms with E-state index in [0.29, 0.717) is 5.69 Å². The largest absolute Gasteiger partial charge is 0.478 e. The lowest BCUT2D eigenvalue weighted by Crippen LogP contribution is -2.38. The molecule has 1 aromatic rings. The van der Waals surface area contributed by atoms with Crippen LogP contribution in [0.25, 0.3) is 0 Å². The molecular formula is C12H14ClNO4. The lowest BCUT2D eigenvalue weighted by molar-refractivity contribution is -0.133. The minimum atomic E-state index is -1.15. The van der Waals surface area contributed by atoms with E-state index in [-0.39, 0.29) is 16.5 Å². The van der Waals surface area contributed by atoms with Gasteiger partial charge in [-0.3, -0.25) is 4.79 Å². The van der Waals surface area contributed by atoms with E-state index in [1.165, 1.54) is 25.3 Å². The van der Waals surface area contributed by atoms with Gasteiger partial charge >= 0.3 is 5.97 Å². The molecule has 0 atom stereocenters. The fourth-order valence-electron chi connectivity index (χ4n) is 1.14. The molecule has 1 amide bonds. The van der Waals surface area contributed by atoms with Gasteiger partial charge in [0.25, 0.3) is 5.91 Å². The predicted molar refractivity (Wildman–Crippen MR) is 68.1 cm³/mol. The van der Waals surface area contributed by atoms with Gasteiger partial charge in [-0.2, -0.15) is 0 Å². The summed E-state index contributed by atoms with van der Waals surface area (Å²) in [7, 11) is 1.42. The number of carbonyl (C=O) groups is 2. The number of nitrogens with one attached hydrogen (secondary N) is 1. The number of hydrogen-bond donors (Lipinski definition) is 2. The van der Waals surface area contributed by atoms with Gasteiger partial charge < -0.3 is 15.2 Å². The monoisotopic (exact) mass is 271 g/mol. The van der Waals surface area contributed by atoms with E-state index < -0.39 is 11.6 Å². The molecular weight excluding hydrogens is 258 g/mol. The quantitative estimate of drug-likeness (QED) is 0.882. The molecule has 1 aromatic carbocycles. The van der Waals surface area contributed by atoms with Crippen LogP contribution in [0.4, 0.5) is 5.69 Å². The summed E-state index contributed by atoms with van der Waals surface area (Å²) in [5.41, 5.74) is -0.708. The maximum atomic E-state index is 11.8. The summed E-state index contributed by atoms with van der Waals surface area (Å²) in [4.78, 5) is 22.7. The van der Waals surface area contributed by atoms with Crippen molar-refractivity contribution in [1.29, 1.82) is 0 Å². The Balaban J connectivity index is 2.96. The molecule has 0 aliphatic carbocycles. The minimum Gasteiger partial charge on any atom is -0.478 e. The lowest BCUT2D eigenvalue weighted by Gasteiger charge is -2.21. The second kappa shape index (κ2) is 5.37. The Bertz CT molecular complexity index is 485. The van der Waals surface area contributed by atoms with Crippen LogP contribution in [0.15, 0.2) is 18.2 Å². The molecule has 0 heterocycles. The van der Waals surface area contributed by atoms with Crippen LogP contribution in [0.1, 0.15) is 24.2 Å². The van der Waals surface area contributed by atoms with E-state index in [2.05, 4.69) is 5.32 Å². The van der Waals surface area contributed by atoms with Crippen molar-refractivity contribution >= 4 is 29.2 Å². The van der Waals surface area contributed by atoms with Gasteiger partial charge in [-0.1, -0.05) is 11.6 Å². The molecule has 1 rings (SSSR count). The van der Waals surface area contributed by atoms with Crippen molar-refractivity contribution in [2.75, 3.05) is 12.4 Å². The number of benzene rings is 1. The van der Waals surface area contributed by atoms with Crippen LogP contribution >= 0.6 is 11.6 Å². The molecule has 0 aliphatic rings. The molecule has 0 saturated carbocycles. The highest BCUT2D eigenvalue weighted by atomic mass is 35.5. The number of rotatable bonds is 4. The zero-order valence-electron chi connectivity index (χ0n) is 10.3. The van der Waals surface area contributed by atoms with Crippen LogP contribution in [0.2, 0.25) is 5.02 Å². The third-order valence-electron chi connectivity index (χ3n) is 2.51. The molecule has 0 fully saturated rings. The number of ether oxygens (including phenoxy) is 1. The first kappa shape index (κ1) is 14.5. The van der Waals surface area contributed by atoms with Crippen molar-refractivity contribution in [3.8, 4) is 0 Å². The van der Waals surface area contributed by atoms with Gasteiger partial charge in [0.2, 0.25) is 0 Å². The smallest absolute Gasteiger partial charge is 0.337 e. The maximum Gasteiger partial charge on any atom is 0.337 e. The maximum absolute atomic E-state index is 11.8. The summed E-state index contributed by atoms with van der Waals surface area (Å²) in [6.45, 7) is 3.21. The van der Waals surface area contributed by atoms with Crippen LogP contribution < -0.4 is 5.32 Å². The predicted octanol–water partition coefficient (Wildman–Crippen LogP) is 2.40. The molecule has 6 heteroatoms. The number of halogens is 1. The molecule has 0 radical (unpaired) electrons. The number of aromatic carboxylic acids is 1. The number of carboxylic acids is 1. The number of carbonyl (C=O) groups excluding carboxylic acids is 1. The highest BCUT2D eigenvalue weighted by Crippen LogP contribution is 2.21. The number of amides is 1. The van der Waals surface area contributed by atoms with E-state index in [1.54, 1.807) is 13.8 Å². The number of anilines is 1. The van der Waals surface area contributed by atoms with Gasteiger partial charge in [0.05, 0.1) is 10.6 Å². The Morgan fingerprint density at radius 2 is 2.00 bits per heavy atom. The molecule has 0 saturated heterocycles. The van der Waals surface area contributed by atoms with Crippen LogP contribution in [-0.4, -0.2) is 29.7 Å². The second-order valence-corrected chi connectivity index (χ2v) is 4.58. The van der Waals surface area contributed by atoms with Gasteiger partial charge in [0, 0.05) is 12.8 Å². The standard InChI is InChI=1S/C12H14ClNO4/c1-12(2,18-3)11(17)14-7-4-5-9(13)8(6-7)10(15)16/h4-6H,1-3H3,(H,14,17)(H,15,16). The van der Waals surface area contributed by atoms with E-state index in [0.717, 1.165) is 0 Å². The van der Waals surface area contributed by atoms with Gasteiger partial charge in [-0.25, -0.2) is 4.79 Å². The molecule has 5 nitrogen and oxygen atoms in total. The Kier molecular flexibility index (Phi) is 4.32. The first-order chi connectivity index (χ1) is 8.27. The summed E-state index contributed by atoms with van der Waals surface area (Å²) >= 11 is 5.73. The average Bonchev–Trinajstić information content (AvgIpc) is 2.31. The molecule has 2 N–H and O–H groups in total. The molecule has 18 heavy (non-hydrogen) atoms. The first-order valence-corrected chi connectivity index (χ1v) is 5.55. The lowest BCUT2D eigenvalue weighted by atomic mass is 10.1. The molecule has 0 aromatic heterocycles. The first-order valence-electron chi connectivity index (χ1n) is 5.17. The van der Waals surface area contributed by atoms with Crippen molar-refractivity contribution in [3.05, 3.63) is 28.8 Å². The topological polar surface area (TPSA) is 75.6 Å². The Morgan fingerprint density at radius 1 is 1.39 bits per heavy atom. The third kappa shape index (κ3) is 3.21. The van der Waals surface area contributed by atoms with Crippen molar-refractivity contribution in [3.63, 3.8) is 0 Å². The minimum absolute atomic E-state index is 0.0651. The van der Waals surface area contributed by atoms with Crippen LogP contribution in [0.3, 0.4) is 0 Å². The molecule has 0 unspecified atom stereocenters. The fraction of sp³-hybridized carbons (Fsp3) is 0.333. The highest BCUT2D eigenvalue weighted by molar-refractivity contribution is 6.33. The second-order valence-electron chi connectivity index (χ2n) is 4.17. The van der Waals surface area contributed by atoms with E-state index in [9.17, 15) is 9.59 Å². The SMILES string of the molecule is COC(C)(C)C(=O)Nc1ccc(Cl)c(C(=O)O)c1. The van der Waals surface area contributed by atoms with E-state index in [4.69, 9.17) is 21.4 Å². The summed E-state index contributed by atoms with van der Waals surface area (Å²) < 4.78 is 5.02. The van der Waals surface area contributed by atoms with E-state index >= 15 is 0 Å². The third-order valence-corrected chi connectivity index (χ3v) is 2.84. The number of methoxy groups -OCH3 is 1. The van der Waals surface area contributed by atoms with Crippen LogP contribution in [0.5, 0.6) is 0 Å². The Hall–Kier alpha value is -1.59. The van der Waals surface area contributed by atoms with Crippen LogP contribution in [0, 0.1) is 0 Å². The molecule has 98 valence electrons. The van der Waals surface area contributed by atoms with Gasteiger partial charge in [0.1, 0.15) is 5.60 Å². The van der Waals surface area contributed by atoms with Gasteiger partial charge in [-0.05, 0) is 32.0 Å². The molecule has 0 aliphatic heterocycles. The Labute approximate surface area is 110 Å². The van der Waals surface area contributed by atoms with E-state index in [1.807, 2.05) is 0 Å². The normalized spacial score (nSPS) is 11.1. The van der Waals surface area contributed by atoms with Crippen LogP contribution in [-0.2, 0) is 9.53 Å². The summed E-state index contributed by atoms with van der Waals surface area (Å²) in [6, 6.07) is 4.24. The number of hydrogen-bond acceptors (Lipinski definition) is 3. The van der Waals surface area contributed by atoms with Crippen molar-refractivity contribution in [2.24, 2.45) is 0 Å². The summed E-state index contributed by atoms with van der Waals surface area (Å²) in [6.07, 6.45) is 0. The Morgan fingerprint density at radius 3 is 2.50 bits per heavy atom. The zero-order valence-corrected chi connectivity index (χ0v) is 11.0. The fourth-order valence-corrected chi connectivity index (χ4v) is 1.34. The van der Waals surface area contributed by atoms with Gasteiger partial charge in [0.15, 0.2) is 0 Å². The number of carboxylic acid groups (broad SMARTS) is 1. The van der Waals surface area contributed by atoms with Gasteiger partial charge in [-0.15, -0.1) is 0 Å². The zero-order chi connectivity index (χ0) is 13.9. The molecule has 0 spiro atoms. The summed E-state index contributed by atoms with van der Waals surface area (Å²) in [5, 5.41) is 11.6. The highest BCUT2D eigenvalue weighted by Gasteiger charge is 2.27. The molecule has 0 bridgehead atoms. The van der Waals surface area contributed by atoms with Crippen molar-refractivity contribution in [2.45, 2.75) is 19.4 Å². The van der Waals surface area contributed by atoms with Crippen molar-refractivity contribution in [1.82, 2.24) is 0 Å². The van der Waals surface area contributed by atoms with Crippen molar-refractivity contribution < 1.29 is 19.4 Å². The average molecular weight is 272 g/mol.